The van der Waals surface area contributed by atoms with Crippen molar-refractivity contribution in [3.05, 3.63) is 105 Å². The van der Waals surface area contributed by atoms with E-state index < -0.39 is 0 Å². The molecule has 2 aromatic carbocycles. The molecule has 0 unspecified atom stereocenters. The summed E-state index contributed by atoms with van der Waals surface area (Å²) in [4.78, 5) is 22.9. The molecule has 6 nitrogen and oxygen atoms in total. The normalized spacial score (nSPS) is 19.0. The van der Waals surface area contributed by atoms with Gasteiger partial charge in [0, 0.05) is 56.8 Å². The molecule has 8 heteroatoms. The number of hydrogen-bond donors (Lipinski definition) is 1. The number of hydrogen-bond acceptors (Lipinski definition) is 4. The average Bonchev–Trinajstić information content (AvgIpc) is 3.32. The Hall–Kier alpha value is -3.36. The second-order valence-electron chi connectivity index (χ2n) is 10.0. The number of H-pyrrole nitrogens is 1. The molecular formula is C28H29F2N5O. The van der Waals surface area contributed by atoms with Crippen molar-refractivity contribution in [2.75, 3.05) is 19.6 Å². The van der Waals surface area contributed by atoms with Gasteiger partial charge in [0.25, 0.3) is 5.56 Å². The molecule has 36 heavy (non-hydrogen) atoms. The molecule has 0 amide bonds. The van der Waals surface area contributed by atoms with Gasteiger partial charge in [0.05, 0.1) is 11.3 Å². The van der Waals surface area contributed by atoms with Gasteiger partial charge in [0.1, 0.15) is 11.6 Å². The van der Waals surface area contributed by atoms with Crippen molar-refractivity contribution in [2.45, 2.75) is 44.8 Å². The zero-order valence-electron chi connectivity index (χ0n) is 20.1. The highest BCUT2D eigenvalue weighted by atomic mass is 19.1. The zero-order chi connectivity index (χ0) is 24.6. The molecule has 2 aromatic heterocycles. The molecule has 1 atom stereocenters. The Morgan fingerprint density at radius 3 is 2.28 bits per heavy atom. The van der Waals surface area contributed by atoms with Crippen molar-refractivity contribution in [2.24, 2.45) is 0 Å². The van der Waals surface area contributed by atoms with Crippen molar-refractivity contribution in [3.8, 4) is 0 Å². The second-order valence-corrected chi connectivity index (χ2v) is 10.0. The second kappa shape index (κ2) is 9.59. The highest BCUT2D eigenvalue weighted by molar-refractivity contribution is 5.43. The van der Waals surface area contributed by atoms with Crippen LogP contribution in [0.15, 0.2) is 59.4 Å². The van der Waals surface area contributed by atoms with E-state index in [0.29, 0.717) is 18.7 Å². The molecule has 1 N–H and O–H groups in total. The van der Waals surface area contributed by atoms with Crippen LogP contribution in [0.1, 0.15) is 46.8 Å². The quantitative estimate of drug-likeness (QED) is 0.456. The van der Waals surface area contributed by atoms with Gasteiger partial charge in [0.2, 0.25) is 0 Å². The first-order chi connectivity index (χ1) is 17.5. The molecule has 1 saturated heterocycles. The SMILES string of the molecule is O=c1c2c(nc3cc([C@H]4CCCN(Cc5ccc(F)cc5)C4)[nH]n13)CCN(Cc1ccc(F)cc1)C2. The van der Waals surface area contributed by atoms with Gasteiger partial charge in [-0.25, -0.2) is 18.3 Å². The summed E-state index contributed by atoms with van der Waals surface area (Å²) in [6.45, 7) is 4.68. The molecule has 0 saturated carbocycles. The van der Waals surface area contributed by atoms with Gasteiger partial charge in [-0.2, -0.15) is 0 Å². The van der Waals surface area contributed by atoms with Crippen LogP contribution >= 0.6 is 0 Å². The number of fused-ring (bicyclic) bond motifs is 2. The van der Waals surface area contributed by atoms with Crippen LogP contribution in [0.4, 0.5) is 8.78 Å². The molecule has 0 bridgehead atoms. The lowest BCUT2D eigenvalue weighted by molar-refractivity contribution is 0.198. The van der Waals surface area contributed by atoms with E-state index in [2.05, 4.69) is 14.9 Å². The monoisotopic (exact) mass is 489 g/mol. The van der Waals surface area contributed by atoms with Gasteiger partial charge in [-0.15, -0.1) is 0 Å². The number of nitrogens with zero attached hydrogens (tertiary/aromatic N) is 4. The molecule has 6 rings (SSSR count). The standard InChI is InChI=1S/C28H29F2N5O/c29-22-7-3-19(4-8-22)15-33-12-1-2-21(17-33)26-14-27-31-25-11-13-34(16-20-5-9-23(30)10-6-20)18-24(25)28(36)35(27)32-26/h3-10,14,21,32H,1-2,11-13,15-18H2/t21-/m0/s1. The molecule has 186 valence electrons. The van der Waals surface area contributed by atoms with Crippen molar-refractivity contribution in [3.63, 3.8) is 0 Å². The summed E-state index contributed by atoms with van der Waals surface area (Å²) in [6, 6.07) is 15.3. The topological polar surface area (TPSA) is 56.6 Å². The van der Waals surface area contributed by atoms with Crippen molar-refractivity contribution in [1.82, 2.24) is 24.4 Å². The van der Waals surface area contributed by atoms with Crippen LogP contribution in [0.3, 0.4) is 0 Å². The molecule has 2 aliphatic rings. The van der Waals surface area contributed by atoms with Crippen LogP contribution < -0.4 is 5.56 Å². The number of piperidine rings is 1. The van der Waals surface area contributed by atoms with E-state index >= 15 is 0 Å². The van der Waals surface area contributed by atoms with E-state index in [0.717, 1.165) is 73.5 Å². The average molecular weight is 490 g/mol. The Balaban J connectivity index is 1.20. The van der Waals surface area contributed by atoms with Gasteiger partial charge < -0.3 is 0 Å². The maximum absolute atomic E-state index is 13.4. The van der Waals surface area contributed by atoms with Crippen molar-refractivity contribution < 1.29 is 8.78 Å². The number of rotatable bonds is 5. The first-order valence-electron chi connectivity index (χ1n) is 12.6. The smallest absolute Gasteiger partial charge is 0.277 e. The van der Waals surface area contributed by atoms with E-state index in [1.165, 1.54) is 24.3 Å². The molecule has 4 aromatic rings. The first-order valence-corrected chi connectivity index (χ1v) is 12.6. The summed E-state index contributed by atoms with van der Waals surface area (Å²) in [5.41, 5.74) is 5.41. The van der Waals surface area contributed by atoms with Crippen LogP contribution in [0.2, 0.25) is 0 Å². The molecular weight excluding hydrogens is 460 g/mol. The lowest BCUT2D eigenvalue weighted by Gasteiger charge is -2.32. The molecule has 1 fully saturated rings. The predicted octanol–water partition coefficient (Wildman–Crippen LogP) is 4.24. The van der Waals surface area contributed by atoms with Crippen molar-refractivity contribution >= 4 is 5.65 Å². The van der Waals surface area contributed by atoms with Crippen LogP contribution in [0.5, 0.6) is 0 Å². The van der Waals surface area contributed by atoms with E-state index in [4.69, 9.17) is 4.98 Å². The third-order valence-corrected chi connectivity index (χ3v) is 7.44. The largest absolute Gasteiger partial charge is 0.298 e. The number of halogens is 2. The Kier molecular flexibility index (Phi) is 6.15. The summed E-state index contributed by atoms with van der Waals surface area (Å²) in [6.07, 6.45) is 2.84. The molecule has 0 spiro atoms. The molecule has 0 aliphatic carbocycles. The molecule has 2 aliphatic heterocycles. The number of aromatic amines is 1. The minimum Gasteiger partial charge on any atom is -0.298 e. The van der Waals surface area contributed by atoms with Gasteiger partial charge in [-0.1, -0.05) is 24.3 Å². The maximum atomic E-state index is 13.4. The maximum Gasteiger partial charge on any atom is 0.277 e. The van der Waals surface area contributed by atoms with Gasteiger partial charge in [-0.3, -0.25) is 19.7 Å². The third kappa shape index (κ3) is 4.70. The number of benzene rings is 2. The number of likely N-dealkylation sites (tertiary alicyclic amines) is 1. The summed E-state index contributed by atoms with van der Waals surface area (Å²) in [7, 11) is 0. The summed E-state index contributed by atoms with van der Waals surface area (Å²) in [5, 5.41) is 3.35. The van der Waals surface area contributed by atoms with E-state index in [-0.39, 0.29) is 23.1 Å². The fraction of sp³-hybridized carbons (Fsp3) is 0.357. The summed E-state index contributed by atoms with van der Waals surface area (Å²) >= 11 is 0. The van der Waals surface area contributed by atoms with Gasteiger partial charge in [0.15, 0.2) is 5.65 Å². The fourth-order valence-corrected chi connectivity index (χ4v) is 5.55. The Morgan fingerprint density at radius 1 is 0.917 bits per heavy atom. The first kappa shape index (κ1) is 23.1. The van der Waals surface area contributed by atoms with Crippen LogP contribution in [-0.4, -0.2) is 44.0 Å². The van der Waals surface area contributed by atoms with Crippen LogP contribution in [0.25, 0.3) is 5.65 Å². The minimum atomic E-state index is -0.244. The van der Waals surface area contributed by atoms with Gasteiger partial charge in [-0.05, 0) is 54.8 Å². The predicted molar refractivity (Wildman–Crippen MR) is 134 cm³/mol. The number of nitrogens with one attached hydrogen (secondary N) is 1. The van der Waals surface area contributed by atoms with E-state index in [1.54, 1.807) is 16.6 Å². The third-order valence-electron chi connectivity index (χ3n) is 7.44. The summed E-state index contributed by atoms with van der Waals surface area (Å²) in [5.74, 6) is -0.175. The highest BCUT2D eigenvalue weighted by Gasteiger charge is 2.26. The van der Waals surface area contributed by atoms with Gasteiger partial charge >= 0.3 is 0 Å². The Labute approximate surface area is 208 Å². The van der Waals surface area contributed by atoms with E-state index in [1.807, 2.05) is 18.2 Å². The summed E-state index contributed by atoms with van der Waals surface area (Å²) < 4.78 is 28.1. The Bertz CT molecular complexity index is 1430. The minimum absolute atomic E-state index is 0.0379. The highest BCUT2D eigenvalue weighted by Crippen LogP contribution is 2.28. The van der Waals surface area contributed by atoms with Crippen molar-refractivity contribution in [1.29, 1.82) is 0 Å². The lowest BCUT2D eigenvalue weighted by atomic mass is 9.94. The zero-order valence-corrected chi connectivity index (χ0v) is 20.1. The Morgan fingerprint density at radius 2 is 1.58 bits per heavy atom. The number of aromatic nitrogens is 3. The van der Waals surface area contributed by atoms with Crippen LogP contribution in [0, 0.1) is 11.6 Å². The van der Waals surface area contributed by atoms with E-state index in [9.17, 15) is 13.6 Å². The molecule has 0 radical (unpaired) electrons. The fourth-order valence-electron chi connectivity index (χ4n) is 5.55. The molecule has 4 heterocycles. The lowest BCUT2D eigenvalue weighted by Crippen LogP contribution is -2.36. The van der Waals surface area contributed by atoms with Crippen LogP contribution in [-0.2, 0) is 26.1 Å².